The summed E-state index contributed by atoms with van der Waals surface area (Å²) >= 11 is 13.2. The van der Waals surface area contributed by atoms with Crippen LogP contribution in [0.15, 0.2) is 51.8 Å². The van der Waals surface area contributed by atoms with Crippen LogP contribution in [0.4, 0.5) is 10.5 Å². The number of nitrogens with zero attached hydrogens (tertiary/aromatic N) is 2. The van der Waals surface area contributed by atoms with Crippen molar-refractivity contribution in [2.45, 2.75) is 6.54 Å². The molecule has 0 spiro atoms. The zero-order valence-electron chi connectivity index (χ0n) is 16.9. The molecule has 34 heavy (non-hydrogen) atoms. The number of ether oxygens (including phenoxy) is 2. The van der Waals surface area contributed by atoms with Gasteiger partial charge in [-0.15, -0.1) is 0 Å². The number of fused-ring (bicyclic) bond motifs is 1. The fraction of sp³-hybridized carbons (Fsp3) is 0.0909. The second kappa shape index (κ2) is 8.71. The van der Waals surface area contributed by atoms with E-state index in [0.717, 1.165) is 16.7 Å². The Balaban J connectivity index is 1.38. The van der Waals surface area contributed by atoms with Crippen molar-refractivity contribution >= 4 is 57.9 Å². The number of carbonyl (C=O) groups is 2. The number of benzene rings is 2. The molecule has 2 amide bonds. The Morgan fingerprint density at radius 2 is 1.82 bits per heavy atom. The molecule has 2 aromatic carbocycles. The Bertz CT molecular complexity index is 1400. The van der Waals surface area contributed by atoms with Gasteiger partial charge in [-0.05, 0) is 41.6 Å². The summed E-state index contributed by atoms with van der Waals surface area (Å²) in [6.45, 7) is 0.0380. The summed E-state index contributed by atoms with van der Waals surface area (Å²) in [6, 6.07) is 10.4. The van der Waals surface area contributed by atoms with E-state index >= 15 is 0 Å². The fourth-order valence-corrected chi connectivity index (χ4v) is 4.65. The maximum Gasteiger partial charge on any atom is 0.293 e. The fourth-order valence-electron chi connectivity index (χ4n) is 3.41. The average Bonchev–Trinajstić information content (AvgIpc) is 3.51. The molecule has 5 rings (SSSR count). The van der Waals surface area contributed by atoms with Crippen LogP contribution in [0.5, 0.6) is 11.5 Å². The van der Waals surface area contributed by atoms with Crippen LogP contribution in [0.3, 0.4) is 0 Å². The second-order valence-electron chi connectivity index (χ2n) is 7.19. The summed E-state index contributed by atoms with van der Waals surface area (Å²) in [5.41, 5.74) is 0.733. The number of amides is 2. The lowest BCUT2D eigenvalue weighted by atomic mass is 10.1. The number of imide groups is 1. The number of hydrogen-bond acceptors (Lipinski definition) is 8. The zero-order chi connectivity index (χ0) is 24.0. The Morgan fingerprint density at radius 1 is 1.06 bits per heavy atom. The maximum atomic E-state index is 12.9. The molecule has 0 saturated carbocycles. The first-order valence-corrected chi connectivity index (χ1v) is 11.2. The van der Waals surface area contributed by atoms with Gasteiger partial charge in [-0.3, -0.25) is 24.6 Å². The molecule has 2 aliphatic rings. The minimum Gasteiger partial charge on any atom is -0.457 e. The number of hydrogen-bond donors (Lipinski definition) is 0. The Morgan fingerprint density at radius 3 is 2.59 bits per heavy atom. The van der Waals surface area contributed by atoms with Gasteiger partial charge in [0, 0.05) is 34.9 Å². The maximum absolute atomic E-state index is 12.9. The molecule has 3 heterocycles. The molecule has 0 bridgehead atoms. The number of halogens is 2. The lowest BCUT2D eigenvalue weighted by Gasteiger charge is -2.14. The van der Waals surface area contributed by atoms with Crippen LogP contribution in [0.25, 0.3) is 17.4 Å². The third-order valence-electron chi connectivity index (χ3n) is 5.07. The van der Waals surface area contributed by atoms with Gasteiger partial charge in [0.2, 0.25) is 6.79 Å². The van der Waals surface area contributed by atoms with Crippen molar-refractivity contribution in [3.8, 4) is 22.8 Å². The number of rotatable bonds is 5. The number of non-ortho nitro benzene ring substituents is 1. The number of nitro benzene ring substituents is 1. The van der Waals surface area contributed by atoms with Gasteiger partial charge in [0.15, 0.2) is 11.5 Å². The van der Waals surface area contributed by atoms with Gasteiger partial charge >= 0.3 is 0 Å². The van der Waals surface area contributed by atoms with Crippen molar-refractivity contribution in [3.63, 3.8) is 0 Å². The van der Waals surface area contributed by atoms with E-state index in [-0.39, 0.29) is 40.5 Å². The molecular formula is C22H12Cl2N2O7S. The normalized spacial score (nSPS) is 16.1. The van der Waals surface area contributed by atoms with E-state index < -0.39 is 16.1 Å². The van der Waals surface area contributed by atoms with Crippen molar-refractivity contribution in [1.82, 2.24) is 4.90 Å². The van der Waals surface area contributed by atoms with Crippen LogP contribution < -0.4 is 9.47 Å². The highest BCUT2D eigenvalue weighted by molar-refractivity contribution is 8.18. The zero-order valence-corrected chi connectivity index (χ0v) is 19.3. The van der Waals surface area contributed by atoms with Gasteiger partial charge in [0.25, 0.3) is 16.8 Å². The van der Waals surface area contributed by atoms with Crippen molar-refractivity contribution in [2.75, 3.05) is 6.79 Å². The van der Waals surface area contributed by atoms with Crippen molar-refractivity contribution in [3.05, 3.63) is 78.9 Å². The molecule has 0 unspecified atom stereocenters. The summed E-state index contributed by atoms with van der Waals surface area (Å²) in [6.07, 6.45) is 1.43. The van der Waals surface area contributed by atoms with Crippen molar-refractivity contribution in [2.24, 2.45) is 0 Å². The van der Waals surface area contributed by atoms with E-state index in [1.807, 2.05) is 0 Å². The molecule has 1 saturated heterocycles. The first-order valence-electron chi connectivity index (χ1n) is 9.67. The van der Waals surface area contributed by atoms with E-state index in [0.29, 0.717) is 27.6 Å². The van der Waals surface area contributed by atoms with Gasteiger partial charge in [0.05, 0.1) is 21.4 Å². The first-order chi connectivity index (χ1) is 16.3. The highest BCUT2D eigenvalue weighted by Gasteiger charge is 2.36. The van der Waals surface area contributed by atoms with Gasteiger partial charge in [-0.25, -0.2) is 0 Å². The Hall–Kier alpha value is -3.47. The minimum absolute atomic E-state index is 0.0375. The third-order valence-corrected chi connectivity index (χ3v) is 6.66. The predicted octanol–water partition coefficient (Wildman–Crippen LogP) is 6.13. The summed E-state index contributed by atoms with van der Waals surface area (Å²) in [5, 5.41) is 11.2. The summed E-state index contributed by atoms with van der Waals surface area (Å²) < 4.78 is 16.3. The van der Waals surface area contributed by atoms with Gasteiger partial charge in [-0.1, -0.05) is 23.2 Å². The van der Waals surface area contributed by atoms with Gasteiger partial charge < -0.3 is 13.9 Å². The van der Waals surface area contributed by atoms with E-state index in [1.54, 1.807) is 24.3 Å². The van der Waals surface area contributed by atoms with Crippen LogP contribution in [0.1, 0.15) is 11.3 Å². The molecule has 2 aliphatic heterocycles. The van der Waals surface area contributed by atoms with Crippen molar-refractivity contribution < 1.29 is 28.4 Å². The van der Waals surface area contributed by atoms with Crippen molar-refractivity contribution in [1.29, 1.82) is 0 Å². The van der Waals surface area contributed by atoms with Crippen LogP contribution in [-0.4, -0.2) is 27.8 Å². The first kappa shape index (κ1) is 22.3. The molecule has 0 N–H and O–H groups in total. The predicted molar refractivity (Wildman–Crippen MR) is 125 cm³/mol. The SMILES string of the molecule is O=C1S/C(=C/c2ccc(-c3cc([N+](=O)[O-])ccc3Cl)o2)C(=O)N1Cc1cc2c(cc1Cl)OCO2. The van der Waals surface area contributed by atoms with Crippen LogP contribution in [-0.2, 0) is 11.3 Å². The molecular weight excluding hydrogens is 507 g/mol. The Kier molecular flexibility index (Phi) is 5.72. The van der Waals surface area contributed by atoms with Crippen LogP contribution in [0, 0.1) is 10.1 Å². The highest BCUT2D eigenvalue weighted by Crippen LogP contribution is 2.40. The highest BCUT2D eigenvalue weighted by atomic mass is 35.5. The quantitative estimate of drug-likeness (QED) is 0.225. The minimum atomic E-state index is -0.536. The third kappa shape index (κ3) is 4.11. The lowest BCUT2D eigenvalue weighted by molar-refractivity contribution is -0.384. The molecule has 0 atom stereocenters. The van der Waals surface area contributed by atoms with E-state index in [2.05, 4.69) is 0 Å². The van der Waals surface area contributed by atoms with E-state index in [1.165, 1.54) is 24.3 Å². The van der Waals surface area contributed by atoms with Crippen LogP contribution >= 0.6 is 35.0 Å². The number of nitro groups is 1. The van der Waals surface area contributed by atoms with E-state index in [9.17, 15) is 19.7 Å². The molecule has 0 aliphatic carbocycles. The summed E-state index contributed by atoms with van der Waals surface area (Å²) in [5.74, 6) is 1.05. The molecule has 0 radical (unpaired) electrons. The van der Waals surface area contributed by atoms with Crippen LogP contribution in [0.2, 0.25) is 10.0 Å². The number of furan rings is 1. The van der Waals surface area contributed by atoms with Gasteiger partial charge in [-0.2, -0.15) is 0 Å². The molecule has 1 fully saturated rings. The second-order valence-corrected chi connectivity index (χ2v) is 9.00. The largest absolute Gasteiger partial charge is 0.457 e. The topological polar surface area (TPSA) is 112 Å². The lowest BCUT2D eigenvalue weighted by Crippen LogP contribution is -2.27. The molecule has 3 aromatic rings. The van der Waals surface area contributed by atoms with Gasteiger partial charge in [0.1, 0.15) is 11.5 Å². The number of carbonyl (C=O) groups excluding carboxylic acids is 2. The summed E-state index contributed by atoms with van der Waals surface area (Å²) in [7, 11) is 0. The monoisotopic (exact) mass is 518 g/mol. The number of thioether (sulfide) groups is 1. The van der Waals surface area contributed by atoms with E-state index in [4.69, 9.17) is 37.1 Å². The smallest absolute Gasteiger partial charge is 0.293 e. The molecule has 12 heteroatoms. The molecule has 172 valence electrons. The summed E-state index contributed by atoms with van der Waals surface area (Å²) in [4.78, 5) is 37.2. The average molecular weight is 519 g/mol. The molecule has 1 aromatic heterocycles. The molecule has 9 nitrogen and oxygen atoms in total. The Labute approximate surface area is 206 Å². The standard InChI is InChI=1S/C22H12Cl2N2O7S/c23-15-3-1-12(26(29)30)6-14(15)17-4-2-13(33-17)7-20-21(27)25(22(28)34-20)9-11-5-18-19(8-16(11)24)32-10-31-18/h1-8H,9-10H2/b20-7+.